The highest BCUT2D eigenvalue weighted by atomic mass is 19.4. The SMILES string of the molecule is N[C@@H](C1CCCC(F)(F)C1)C(F)(F)F. The van der Waals surface area contributed by atoms with Crippen molar-refractivity contribution in [3.05, 3.63) is 0 Å². The molecule has 1 rings (SSSR count). The number of rotatable bonds is 1. The van der Waals surface area contributed by atoms with E-state index >= 15 is 0 Å². The Morgan fingerprint density at radius 1 is 1.29 bits per heavy atom. The molecule has 2 N–H and O–H groups in total. The van der Waals surface area contributed by atoms with Crippen LogP contribution in [-0.4, -0.2) is 18.1 Å². The highest BCUT2D eigenvalue weighted by Gasteiger charge is 2.47. The lowest BCUT2D eigenvalue weighted by atomic mass is 9.82. The van der Waals surface area contributed by atoms with Crippen LogP contribution in [0.3, 0.4) is 0 Å². The van der Waals surface area contributed by atoms with Gasteiger partial charge in [-0.2, -0.15) is 13.2 Å². The van der Waals surface area contributed by atoms with E-state index in [0.29, 0.717) is 0 Å². The molecule has 1 nitrogen and oxygen atoms in total. The zero-order valence-corrected chi connectivity index (χ0v) is 7.45. The third kappa shape index (κ3) is 2.80. The molecule has 0 aromatic heterocycles. The molecule has 0 radical (unpaired) electrons. The van der Waals surface area contributed by atoms with Crippen molar-refractivity contribution in [2.45, 2.75) is 43.8 Å². The Bertz CT molecular complexity index is 197. The van der Waals surface area contributed by atoms with E-state index in [1.165, 1.54) is 0 Å². The van der Waals surface area contributed by atoms with Crippen LogP contribution in [0.2, 0.25) is 0 Å². The fourth-order valence-corrected chi connectivity index (χ4v) is 1.78. The second kappa shape index (κ2) is 3.64. The summed E-state index contributed by atoms with van der Waals surface area (Å²) in [6.45, 7) is 0. The third-order valence-electron chi connectivity index (χ3n) is 2.56. The molecule has 0 saturated heterocycles. The molecule has 0 amide bonds. The van der Waals surface area contributed by atoms with Gasteiger partial charge in [-0.25, -0.2) is 8.78 Å². The van der Waals surface area contributed by atoms with Gasteiger partial charge in [0.2, 0.25) is 5.92 Å². The average molecular weight is 217 g/mol. The third-order valence-corrected chi connectivity index (χ3v) is 2.56. The summed E-state index contributed by atoms with van der Waals surface area (Å²) in [4.78, 5) is 0. The average Bonchev–Trinajstić information content (AvgIpc) is 1.99. The largest absolute Gasteiger partial charge is 0.403 e. The van der Waals surface area contributed by atoms with Gasteiger partial charge in [0, 0.05) is 12.8 Å². The molecular formula is C8H12F5N. The predicted molar refractivity (Wildman–Crippen MR) is 40.9 cm³/mol. The van der Waals surface area contributed by atoms with Gasteiger partial charge >= 0.3 is 6.18 Å². The number of hydrogen-bond donors (Lipinski definition) is 1. The van der Waals surface area contributed by atoms with Crippen LogP contribution in [-0.2, 0) is 0 Å². The van der Waals surface area contributed by atoms with Crippen LogP contribution in [0.1, 0.15) is 25.7 Å². The van der Waals surface area contributed by atoms with Gasteiger partial charge in [-0.05, 0) is 18.8 Å². The first-order valence-electron chi connectivity index (χ1n) is 4.42. The molecule has 0 bridgehead atoms. The second-order valence-electron chi connectivity index (χ2n) is 3.78. The molecule has 0 aromatic rings. The van der Waals surface area contributed by atoms with Crippen molar-refractivity contribution >= 4 is 0 Å². The molecule has 6 heteroatoms. The lowest BCUT2D eigenvalue weighted by Crippen LogP contribution is -2.47. The normalized spacial score (nSPS) is 30.0. The highest BCUT2D eigenvalue weighted by molar-refractivity contribution is 4.87. The fraction of sp³-hybridized carbons (Fsp3) is 1.00. The lowest BCUT2D eigenvalue weighted by Gasteiger charge is -2.33. The summed E-state index contributed by atoms with van der Waals surface area (Å²) >= 11 is 0. The lowest BCUT2D eigenvalue weighted by molar-refractivity contribution is -0.171. The smallest absolute Gasteiger partial charge is 0.320 e. The Morgan fingerprint density at radius 2 is 1.86 bits per heavy atom. The Balaban J connectivity index is 2.61. The summed E-state index contributed by atoms with van der Waals surface area (Å²) in [7, 11) is 0. The first-order chi connectivity index (χ1) is 6.22. The van der Waals surface area contributed by atoms with Crippen molar-refractivity contribution < 1.29 is 22.0 Å². The Kier molecular flexibility index (Phi) is 3.04. The topological polar surface area (TPSA) is 26.0 Å². The van der Waals surface area contributed by atoms with Gasteiger partial charge in [0.15, 0.2) is 0 Å². The molecule has 14 heavy (non-hydrogen) atoms. The Morgan fingerprint density at radius 3 is 2.29 bits per heavy atom. The number of hydrogen-bond acceptors (Lipinski definition) is 1. The molecule has 1 unspecified atom stereocenters. The van der Waals surface area contributed by atoms with Crippen LogP contribution in [0.25, 0.3) is 0 Å². The van der Waals surface area contributed by atoms with E-state index in [4.69, 9.17) is 5.73 Å². The summed E-state index contributed by atoms with van der Waals surface area (Å²) in [5.74, 6) is -4.12. The summed E-state index contributed by atoms with van der Waals surface area (Å²) < 4.78 is 61.9. The fourth-order valence-electron chi connectivity index (χ4n) is 1.78. The van der Waals surface area contributed by atoms with E-state index in [0.717, 1.165) is 0 Å². The van der Waals surface area contributed by atoms with Gasteiger partial charge < -0.3 is 5.73 Å². The number of nitrogens with two attached hydrogens (primary N) is 1. The quantitative estimate of drug-likeness (QED) is 0.671. The van der Waals surface area contributed by atoms with Crippen LogP contribution < -0.4 is 5.73 Å². The van der Waals surface area contributed by atoms with Crippen LogP contribution in [0.15, 0.2) is 0 Å². The van der Waals surface area contributed by atoms with Gasteiger partial charge in [-0.3, -0.25) is 0 Å². The molecular weight excluding hydrogens is 205 g/mol. The van der Waals surface area contributed by atoms with Crippen molar-refractivity contribution in [3.63, 3.8) is 0 Å². The van der Waals surface area contributed by atoms with Gasteiger partial charge in [-0.1, -0.05) is 0 Å². The monoisotopic (exact) mass is 217 g/mol. The highest BCUT2D eigenvalue weighted by Crippen LogP contribution is 2.40. The second-order valence-corrected chi connectivity index (χ2v) is 3.78. The minimum atomic E-state index is -4.57. The molecule has 1 fully saturated rings. The van der Waals surface area contributed by atoms with Crippen molar-refractivity contribution in [1.29, 1.82) is 0 Å². The van der Waals surface area contributed by atoms with E-state index in [9.17, 15) is 22.0 Å². The van der Waals surface area contributed by atoms with E-state index in [2.05, 4.69) is 0 Å². The molecule has 0 aliphatic heterocycles. The van der Waals surface area contributed by atoms with Gasteiger partial charge in [0.1, 0.15) is 6.04 Å². The summed E-state index contributed by atoms with van der Waals surface area (Å²) in [5.41, 5.74) is 4.89. The van der Waals surface area contributed by atoms with E-state index in [1.54, 1.807) is 0 Å². The molecule has 2 atom stereocenters. The van der Waals surface area contributed by atoms with E-state index in [-0.39, 0.29) is 19.3 Å². The van der Waals surface area contributed by atoms with Crippen LogP contribution in [0, 0.1) is 5.92 Å². The predicted octanol–water partition coefficient (Wildman–Crippen LogP) is 2.70. The summed E-state index contributed by atoms with van der Waals surface area (Å²) in [5, 5.41) is 0. The minimum absolute atomic E-state index is 0.113. The molecule has 1 aliphatic rings. The summed E-state index contributed by atoms with van der Waals surface area (Å²) in [6, 6.07) is -2.12. The first kappa shape index (κ1) is 11.7. The van der Waals surface area contributed by atoms with Crippen LogP contribution >= 0.6 is 0 Å². The zero-order valence-electron chi connectivity index (χ0n) is 7.45. The first-order valence-corrected chi connectivity index (χ1v) is 4.42. The number of alkyl halides is 5. The number of halogens is 5. The van der Waals surface area contributed by atoms with Crippen molar-refractivity contribution in [2.24, 2.45) is 11.7 Å². The molecule has 84 valence electrons. The van der Waals surface area contributed by atoms with Gasteiger partial charge in [-0.15, -0.1) is 0 Å². The standard InChI is InChI=1S/C8H12F5N/c9-7(10)3-1-2-5(4-7)6(14)8(11,12)13/h5-6H,1-4,14H2/t5?,6-/m0/s1. The van der Waals surface area contributed by atoms with E-state index < -0.39 is 30.5 Å². The van der Waals surface area contributed by atoms with Crippen molar-refractivity contribution in [3.8, 4) is 0 Å². The molecule has 0 aromatic carbocycles. The van der Waals surface area contributed by atoms with Gasteiger partial charge in [0.05, 0.1) is 0 Å². The van der Waals surface area contributed by atoms with Crippen molar-refractivity contribution in [2.75, 3.05) is 0 Å². The molecule has 0 spiro atoms. The molecule has 1 aliphatic carbocycles. The zero-order chi connectivity index (χ0) is 11.0. The Hall–Kier alpha value is -0.390. The van der Waals surface area contributed by atoms with E-state index in [1.807, 2.05) is 0 Å². The van der Waals surface area contributed by atoms with Crippen LogP contribution in [0.4, 0.5) is 22.0 Å². The summed E-state index contributed by atoms with van der Waals surface area (Å²) in [6.07, 6.45) is -5.39. The van der Waals surface area contributed by atoms with Gasteiger partial charge in [0.25, 0.3) is 0 Å². The minimum Gasteiger partial charge on any atom is -0.320 e. The molecule has 1 saturated carbocycles. The van der Waals surface area contributed by atoms with Crippen LogP contribution in [0.5, 0.6) is 0 Å². The molecule has 0 heterocycles. The maximum Gasteiger partial charge on any atom is 0.403 e. The Labute approximate surface area is 78.5 Å². The maximum absolute atomic E-state index is 12.8. The maximum atomic E-state index is 12.8. The van der Waals surface area contributed by atoms with Crippen molar-refractivity contribution in [1.82, 2.24) is 0 Å².